The van der Waals surface area contributed by atoms with Gasteiger partial charge in [0.2, 0.25) is 0 Å². The largest absolute Gasteiger partial charge is 0.396 e. The summed E-state index contributed by atoms with van der Waals surface area (Å²) in [4.78, 5) is 0. The summed E-state index contributed by atoms with van der Waals surface area (Å²) in [6, 6.07) is 2.00. The van der Waals surface area contributed by atoms with Crippen LogP contribution in [0.5, 0.6) is 0 Å². The molecule has 1 fully saturated rings. The van der Waals surface area contributed by atoms with Gasteiger partial charge < -0.3 is 5.11 Å². The summed E-state index contributed by atoms with van der Waals surface area (Å²) < 4.78 is 38.1. The minimum Gasteiger partial charge on any atom is -0.396 e. The molecule has 0 saturated heterocycles. The highest BCUT2D eigenvalue weighted by molar-refractivity contribution is 5.28. The second kappa shape index (κ2) is 3.28. The van der Waals surface area contributed by atoms with Crippen molar-refractivity contribution in [3.8, 4) is 0 Å². The van der Waals surface area contributed by atoms with Crippen molar-refractivity contribution in [3.05, 3.63) is 35.1 Å². The van der Waals surface area contributed by atoms with Crippen molar-refractivity contribution in [1.82, 2.24) is 0 Å². The first kappa shape index (κ1) is 9.52. The van der Waals surface area contributed by atoms with E-state index in [-0.39, 0.29) is 18.4 Å². The van der Waals surface area contributed by atoms with Gasteiger partial charge in [0.15, 0.2) is 17.5 Å². The predicted molar refractivity (Wildman–Crippen MR) is 44.2 cm³/mol. The van der Waals surface area contributed by atoms with Crippen molar-refractivity contribution in [1.29, 1.82) is 0 Å². The third-order valence-corrected chi connectivity index (χ3v) is 2.59. The maximum absolute atomic E-state index is 12.8. The van der Waals surface area contributed by atoms with Crippen LogP contribution in [0.25, 0.3) is 0 Å². The van der Waals surface area contributed by atoms with Crippen LogP contribution in [0.3, 0.4) is 0 Å². The number of aliphatic hydroxyl groups excluding tert-OH is 1. The molecule has 1 aliphatic carbocycles. The fraction of sp³-hybridized carbons (Fsp3) is 0.400. The van der Waals surface area contributed by atoms with Gasteiger partial charge in [-0.25, -0.2) is 13.2 Å². The van der Waals surface area contributed by atoms with E-state index in [1.54, 1.807) is 0 Å². The van der Waals surface area contributed by atoms with Crippen molar-refractivity contribution in [2.24, 2.45) is 5.92 Å². The molecule has 1 aromatic carbocycles. The van der Waals surface area contributed by atoms with Crippen molar-refractivity contribution in [2.45, 2.75) is 12.3 Å². The Kier molecular flexibility index (Phi) is 2.23. The lowest BCUT2D eigenvalue weighted by Crippen LogP contribution is -1.95. The Hall–Kier alpha value is -1.03. The zero-order valence-corrected chi connectivity index (χ0v) is 7.30. The van der Waals surface area contributed by atoms with Crippen LogP contribution in [0, 0.1) is 23.4 Å². The van der Waals surface area contributed by atoms with Crippen molar-refractivity contribution >= 4 is 0 Å². The molecule has 0 aromatic heterocycles. The zero-order valence-electron chi connectivity index (χ0n) is 7.30. The molecule has 1 N–H and O–H groups in total. The molecule has 0 amide bonds. The molecule has 14 heavy (non-hydrogen) atoms. The molecule has 0 radical (unpaired) electrons. The molecule has 0 bridgehead atoms. The predicted octanol–water partition coefficient (Wildman–Crippen LogP) is 2.20. The molecule has 0 aliphatic heterocycles. The number of halogens is 3. The van der Waals surface area contributed by atoms with Crippen LogP contribution in [-0.4, -0.2) is 11.7 Å². The van der Waals surface area contributed by atoms with E-state index in [0.29, 0.717) is 12.0 Å². The number of rotatable bonds is 2. The second-order valence-electron chi connectivity index (χ2n) is 3.58. The topological polar surface area (TPSA) is 20.2 Å². The molecule has 2 rings (SSSR count). The average Bonchev–Trinajstić information content (AvgIpc) is 2.92. The van der Waals surface area contributed by atoms with E-state index >= 15 is 0 Å². The van der Waals surface area contributed by atoms with Crippen molar-refractivity contribution < 1.29 is 18.3 Å². The van der Waals surface area contributed by atoms with Crippen LogP contribution in [0.1, 0.15) is 17.9 Å². The normalized spacial score (nSPS) is 25.1. The van der Waals surface area contributed by atoms with Crippen LogP contribution >= 0.6 is 0 Å². The van der Waals surface area contributed by atoms with Crippen LogP contribution < -0.4 is 0 Å². The number of hydrogen-bond donors (Lipinski definition) is 1. The standard InChI is InChI=1S/C10H9F3O/c11-8-2-5(3-9(12)10(8)13)7-1-6(7)4-14/h2-3,6-7,14H,1,4H2. The van der Waals surface area contributed by atoms with Crippen LogP contribution in [-0.2, 0) is 0 Å². The number of aliphatic hydroxyl groups is 1. The van der Waals surface area contributed by atoms with Crippen LogP contribution in [0.4, 0.5) is 13.2 Å². The third-order valence-electron chi connectivity index (χ3n) is 2.59. The summed E-state index contributed by atoms with van der Waals surface area (Å²) in [5.74, 6) is -3.72. The van der Waals surface area contributed by atoms with Gasteiger partial charge in [-0.1, -0.05) is 0 Å². The van der Waals surface area contributed by atoms with E-state index in [1.807, 2.05) is 0 Å². The molecule has 1 saturated carbocycles. The molecule has 2 atom stereocenters. The van der Waals surface area contributed by atoms with Crippen LogP contribution in [0.2, 0.25) is 0 Å². The Labute approximate surface area is 79.2 Å². The molecule has 76 valence electrons. The molecule has 1 nitrogen and oxygen atoms in total. The summed E-state index contributed by atoms with van der Waals surface area (Å²) in [5, 5.41) is 8.77. The fourth-order valence-corrected chi connectivity index (χ4v) is 1.65. The summed E-state index contributed by atoms with van der Waals surface area (Å²) in [5.41, 5.74) is 0.431. The smallest absolute Gasteiger partial charge is 0.194 e. The Balaban J connectivity index is 2.28. The summed E-state index contributed by atoms with van der Waals surface area (Å²) in [6.07, 6.45) is 0.709. The molecule has 2 unspecified atom stereocenters. The van der Waals surface area contributed by atoms with Gasteiger partial charge in [0.25, 0.3) is 0 Å². The first-order valence-electron chi connectivity index (χ1n) is 4.38. The van der Waals surface area contributed by atoms with E-state index in [9.17, 15) is 13.2 Å². The first-order chi connectivity index (χ1) is 6.63. The van der Waals surface area contributed by atoms with E-state index in [0.717, 1.165) is 12.1 Å². The SMILES string of the molecule is OCC1CC1c1cc(F)c(F)c(F)c1. The lowest BCUT2D eigenvalue weighted by atomic mass is 10.1. The quantitative estimate of drug-likeness (QED) is 0.729. The average molecular weight is 202 g/mol. The lowest BCUT2D eigenvalue weighted by molar-refractivity contribution is 0.274. The molecule has 4 heteroatoms. The number of benzene rings is 1. The Morgan fingerprint density at radius 1 is 1.21 bits per heavy atom. The molecule has 0 heterocycles. The summed E-state index contributed by atoms with van der Waals surface area (Å²) >= 11 is 0. The van der Waals surface area contributed by atoms with E-state index in [1.165, 1.54) is 0 Å². The van der Waals surface area contributed by atoms with E-state index in [4.69, 9.17) is 5.11 Å². The maximum atomic E-state index is 12.8. The van der Waals surface area contributed by atoms with Gasteiger partial charge in [-0.15, -0.1) is 0 Å². The van der Waals surface area contributed by atoms with Gasteiger partial charge in [-0.3, -0.25) is 0 Å². The third kappa shape index (κ3) is 1.50. The Bertz CT molecular complexity index is 341. The van der Waals surface area contributed by atoms with E-state index in [2.05, 4.69) is 0 Å². The Morgan fingerprint density at radius 3 is 2.21 bits per heavy atom. The van der Waals surface area contributed by atoms with Gasteiger partial charge in [0.1, 0.15) is 0 Å². The molecular formula is C10H9F3O. The minimum atomic E-state index is -1.44. The summed E-state index contributed by atoms with van der Waals surface area (Å²) in [7, 11) is 0. The maximum Gasteiger partial charge on any atom is 0.194 e. The highest BCUT2D eigenvalue weighted by Gasteiger charge is 2.38. The molecule has 1 aromatic rings. The second-order valence-corrected chi connectivity index (χ2v) is 3.58. The molecular weight excluding hydrogens is 193 g/mol. The van der Waals surface area contributed by atoms with Gasteiger partial charge in [0, 0.05) is 6.61 Å². The minimum absolute atomic E-state index is 0.00524. The zero-order chi connectivity index (χ0) is 10.3. The van der Waals surface area contributed by atoms with Crippen LogP contribution in [0.15, 0.2) is 12.1 Å². The Morgan fingerprint density at radius 2 is 1.79 bits per heavy atom. The molecule has 1 aliphatic rings. The van der Waals surface area contributed by atoms with Gasteiger partial charge in [0.05, 0.1) is 0 Å². The first-order valence-corrected chi connectivity index (χ1v) is 4.38. The van der Waals surface area contributed by atoms with Gasteiger partial charge in [-0.05, 0) is 36.0 Å². The fourth-order valence-electron chi connectivity index (χ4n) is 1.65. The van der Waals surface area contributed by atoms with Gasteiger partial charge >= 0.3 is 0 Å². The number of hydrogen-bond acceptors (Lipinski definition) is 1. The highest BCUT2D eigenvalue weighted by atomic mass is 19.2. The summed E-state index contributed by atoms with van der Waals surface area (Å²) in [6.45, 7) is 0.00524. The van der Waals surface area contributed by atoms with Crippen molar-refractivity contribution in [2.75, 3.05) is 6.61 Å². The van der Waals surface area contributed by atoms with E-state index < -0.39 is 17.5 Å². The lowest BCUT2D eigenvalue weighted by Gasteiger charge is -2.01. The van der Waals surface area contributed by atoms with Crippen molar-refractivity contribution in [3.63, 3.8) is 0 Å². The van der Waals surface area contributed by atoms with Gasteiger partial charge in [-0.2, -0.15) is 0 Å². The molecule has 0 spiro atoms. The highest BCUT2D eigenvalue weighted by Crippen LogP contribution is 2.47. The monoisotopic (exact) mass is 202 g/mol.